The van der Waals surface area contributed by atoms with Crippen molar-refractivity contribution in [1.29, 1.82) is 0 Å². The summed E-state index contributed by atoms with van der Waals surface area (Å²) in [6.45, 7) is 5.27. The van der Waals surface area contributed by atoms with Crippen molar-refractivity contribution in [1.82, 2.24) is 9.97 Å². The average Bonchev–Trinajstić information content (AvgIpc) is 2.41. The SMILES string of the molecule is CCCNc1ncnc(SC2CCCCC2)c1C. The Morgan fingerprint density at radius 1 is 1.28 bits per heavy atom. The number of thioether (sulfide) groups is 1. The highest BCUT2D eigenvalue weighted by Gasteiger charge is 2.17. The molecule has 0 radical (unpaired) electrons. The van der Waals surface area contributed by atoms with Crippen LogP contribution in [0.3, 0.4) is 0 Å². The largest absolute Gasteiger partial charge is 0.370 e. The van der Waals surface area contributed by atoms with Crippen LogP contribution in [0, 0.1) is 6.92 Å². The Bertz CT molecular complexity index is 375. The van der Waals surface area contributed by atoms with Crippen LogP contribution in [0.2, 0.25) is 0 Å². The van der Waals surface area contributed by atoms with E-state index >= 15 is 0 Å². The van der Waals surface area contributed by atoms with Gasteiger partial charge in [0.2, 0.25) is 0 Å². The number of hydrogen-bond acceptors (Lipinski definition) is 4. The molecule has 1 aliphatic rings. The molecule has 18 heavy (non-hydrogen) atoms. The Hall–Kier alpha value is -0.770. The fourth-order valence-electron chi connectivity index (χ4n) is 2.32. The van der Waals surface area contributed by atoms with Gasteiger partial charge >= 0.3 is 0 Å². The number of rotatable bonds is 5. The lowest BCUT2D eigenvalue weighted by Crippen LogP contribution is -2.10. The monoisotopic (exact) mass is 265 g/mol. The van der Waals surface area contributed by atoms with Crippen molar-refractivity contribution in [3.63, 3.8) is 0 Å². The van der Waals surface area contributed by atoms with Gasteiger partial charge in [-0.3, -0.25) is 0 Å². The van der Waals surface area contributed by atoms with Crippen molar-refractivity contribution < 1.29 is 0 Å². The highest BCUT2D eigenvalue weighted by molar-refractivity contribution is 7.99. The summed E-state index contributed by atoms with van der Waals surface area (Å²) in [4.78, 5) is 8.79. The van der Waals surface area contributed by atoms with Gasteiger partial charge < -0.3 is 5.32 Å². The molecule has 1 aromatic heterocycles. The van der Waals surface area contributed by atoms with Crippen LogP contribution in [0.15, 0.2) is 11.4 Å². The standard InChI is InChI=1S/C14H23N3S/c1-3-9-15-13-11(2)14(17-10-16-13)18-12-7-5-4-6-8-12/h10,12H,3-9H2,1-2H3,(H,15,16,17). The minimum absolute atomic E-state index is 0.756. The van der Waals surface area contributed by atoms with Crippen LogP contribution < -0.4 is 5.32 Å². The quantitative estimate of drug-likeness (QED) is 0.816. The van der Waals surface area contributed by atoms with Gasteiger partial charge in [-0.05, 0) is 26.2 Å². The third kappa shape index (κ3) is 3.61. The molecule has 2 rings (SSSR count). The highest BCUT2D eigenvalue weighted by atomic mass is 32.2. The minimum atomic E-state index is 0.756. The Kier molecular flexibility index (Phi) is 5.29. The van der Waals surface area contributed by atoms with E-state index in [2.05, 4.69) is 29.1 Å². The van der Waals surface area contributed by atoms with Gasteiger partial charge in [0.15, 0.2) is 0 Å². The molecular formula is C14H23N3S. The van der Waals surface area contributed by atoms with Crippen LogP contribution in [0.1, 0.15) is 51.0 Å². The van der Waals surface area contributed by atoms with E-state index in [9.17, 15) is 0 Å². The molecule has 0 aliphatic heterocycles. The maximum Gasteiger partial charge on any atom is 0.133 e. The second kappa shape index (κ2) is 6.98. The van der Waals surface area contributed by atoms with E-state index in [0.29, 0.717) is 0 Å². The second-order valence-electron chi connectivity index (χ2n) is 4.96. The summed E-state index contributed by atoms with van der Waals surface area (Å²) in [5, 5.41) is 5.29. The van der Waals surface area contributed by atoms with Crippen molar-refractivity contribution in [3.8, 4) is 0 Å². The Morgan fingerprint density at radius 3 is 2.78 bits per heavy atom. The lowest BCUT2D eigenvalue weighted by atomic mass is 10.0. The molecule has 1 saturated carbocycles. The summed E-state index contributed by atoms with van der Waals surface area (Å²) < 4.78 is 0. The van der Waals surface area contributed by atoms with Crippen LogP contribution in [-0.2, 0) is 0 Å². The van der Waals surface area contributed by atoms with Gasteiger partial charge in [0.05, 0.1) is 0 Å². The van der Waals surface area contributed by atoms with Gasteiger partial charge in [-0.1, -0.05) is 26.2 Å². The van der Waals surface area contributed by atoms with Gasteiger partial charge in [0.25, 0.3) is 0 Å². The van der Waals surface area contributed by atoms with Crippen molar-refractivity contribution in [2.75, 3.05) is 11.9 Å². The summed E-state index contributed by atoms with van der Waals surface area (Å²) in [6.07, 6.45) is 9.65. The van der Waals surface area contributed by atoms with Gasteiger partial charge in [0, 0.05) is 17.4 Å². The van der Waals surface area contributed by atoms with Crippen LogP contribution in [0.4, 0.5) is 5.82 Å². The first-order valence-electron chi connectivity index (χ1n) is 7.03. The molecule has 1 heterocycles. The molecule has 0 spiro atoms. The van der Waals surface area contributed by atoms with Gasteiger partial charge in [-0.15, -0.1) is 11.8 Å². The van der Waals surface area contributed by atoms with Crippen LogP contribution in [0.5, 0.6) is 0 Å². The average molecular weight is 265 g/mol. The van der Waals surface area contributed by atoms with Gasteiger partial charge in [0.1, 0.15) is 17.2 Å². The number of anilines is 1. The zero-order valence-electron chi connectivity index (χ0n) is 11.4. The number of nitrogens with one attached hydrogen (secondary N) is 1. The fourth-order valence-corrected chi connectivity index (χ4v) is 3.58. The first-order valence-corrected chi connectivity index (χ1v) is 7.91. The van der Waals surface area contributed by atoms with E-state index in [1.165, 1.54) is 37.7 Å². The molecule has 0 atom stereocenters. The molecule has 1 aromatic rings. The lowest BCUT2D eigenvalue weighted by Gasteiger charge is -2.21. The Morgan fingerprint density at radius 2 is 2.06 bits per heavy atom. The molecule has 1 aliphatic carbocycles. The Balaban J connectivity index is 2.02. The lowest BCUT2D eigenvalue weighted by molar-refractivity contribution is 0.515. The van der Waals surface area contributed by atoms with Crippen LogP contribution >= 0.6 is 11.8 Å². The fraction of sp³-hybridized carbons (Fsp3) is 0.714. The maximum atomic E-state index is 4.45. The van der Waals surface area contributed by atoms with Crippen molar-refractivity contribution in [2.45, 2.75) is 62.6 Å². The van der Waals surface area contributed by atoms with Crippen molar-refractivity contribution in [2.24, 2.45) is 0 Å². The smallest absolute Gasteiger partial charge is 0.133 e. The maximum absolute atomic E-state index is 4.45. The van der Waals surface area contributed by atoms with Gasteiger partial charge in [-0.25, -0.2) is 9.97 Å². The highest BCUT2D eigenvalue weighted by Crippen LogP contribution is 2.35. The third-order valence-electron chi connectivity index (χ3n) is 3.41. The summed E-state index contributed by atoms with van der Waals surface area (Å²) in [7, 11) is 0. The first kappa shape index (κ1) is 13.7. The van der Waals surface area contributed by atoms with E-state index in [4.69, 9.17) is 0 Å². The predicted molar refractivity (Wildman–Crippen MR) is 78.3 cm³/mol. The number of aromatic nitrogens is 2. The molecule has 0 amide bonds. The third-order valence-corrected chi connectivity index (χ3v) is 4.85. The van der Waals surface area contributed by atoms with Crippen LogP contribution in [-0.4, -0.2) is 21.8 Å². The normalized spacial score (nSPS) is 16.8. The number of hydrogen-bond donors (Lipinski definition) is 1. The zero-order valence-corrected chi connectivity index (χ0v) is 12.2. The van der Waals surface area contributed by atoms with Crippen LogP contribution in [0.25, 0.3) is 0 Å². The van der Waals surface area contributed by atoms with E-state index in [-0.39, 0.29) is 0 Å². The van der Waals surface area contributed by atoms with E-state index in [1.54, 1.807) is 6.33 Å². The predicted octanol–water partition coefficient (Wildman–Crippen LogP) is 4.03. The molecule has 0 saturated heterocycles. The Labute approximate surface area is 114 Å². The molecule has 4 heteroatoms. The van der Waals surface area contributed by atoms with E-state index in [1.807, 2.05) is 11.8 Å². The molecule has 3 nitrogen and oxygen atoms in total. The minimum Gasteiger partial charge on any atom is -0.370 e. The number of nitrogens with zero attached hydrogens (tertiary/aromatic N) is 2. The molecule has 0 bridgehead atoms. The molecule has 1 fully saturated rings. The summed E-state index contributed by atoms with van der Waals surface area (Å²) >= 11 is 1.95. The zero-order chi connectivity index (χ0) is 12.8. The molecule has 0 aromatic carbocycles. The van der Waals surface area contributed by atoms with E-state index < -0.39 is 0 Å². The summed E-state index contributed by atoms with van der Waals surface area (Å²) in [6, 6.07) is 0. The summed E-state index contributed by atoms with van der Waals surface area (Å²) in [5.74, 6) is 1.00. The molecular weight excluding hydrogens is 242 g/mol. The molecule has 100 valence electrons. The van der Waals surface area contributed by atoms with Crippen molar-refractivity contribution >= 4 is 17.6 Å². The van der Waals surface area contributed by atoms with E-state index in [0.717, 1.165) is 29.1 Å². The molecule has 1 N–H and O–H groups in total. The topological polar surface area (TPSA) is 37.8 Å². The molecule has 0 unspecified atom stereocenters. The second-order valence-corrected chi connectivity index (χ2v) is 6.25. The first-order chi connectivity index (χ1) is 8.81. The summed E-state index contributed by atoms with van der Waals surface area (Å²) in [5.41, 5.74) is 1.21. The van der Waals surface area contributed by atoms with Crippen molar-refractivity contribution in [3.05, 3.63) is 11.9 Å². The van der Waals surface area contributed by atoms with Gasteiger partial charge in [-0.2, -0.15) is 0 Å².